The number of aromatic nitrogens is 1. The Kier molecular flexibility index (Phi) is 5.35. The Morgan fingerprint density at radius 1 is 1.07 bits per heavy atom. The van der Waals surface area contributed by atoms with Crippen molar-refractivity contribution >= 4 is 22.4 Å². The van der Waals surface area contributed by atoms with E-state index in [2.05, 4.69) is 39.9 Å². The highest BCUT2D eigenvalue weighted by atomic mass is 16.5. The minimum Gasteiger partial charge on any atom is -0.497 e. The largest absolute Gasteiger partial charge is 0.497 e. The Hall–Kier alpha value is -2.79. The summed E-state index contributed by atoms with van der Waals surface area (Å²) < 4.78 is 5.23. The summed E-state index contributed by atoms with van der Waals surface area (Å²) >= 11 is 0. The van der Waals surface area contributed by atoms with Crippen molar-refractivity contribution in [3.8, 4) is 5.75 Å². The number of Topliss-reactive ketones (excluding diaryl/α,β-unsaturated/α-hetero) is 1. The molecular weight excluding hydrogens is 350 g/mol. The van der Waals surface area contributed by atoms with Gasteiger partial charge in [0.25, 0.3) is 0 Å². The van der Waals surface area contributed by atoms with Gasteiger partial charge in [0.15, 0.2) is 5.78 Å². The molecule has 4 rings (SSSR count). The zero-order valence-electron chi connectivity index (χ0n) is 16.6. The SMILES string of the molecule is CCc1cccc2c(C(=O)CN3CCN(c4ccc(OC)cc4)CC3)c[nH]c12. The minimum absolute atomic E-state index is 0.192. The molecule has 3 aromatic rings. The normalized spacial score (nSPS) is 15.1. The molecule has 1 aromatic heterocycles. The Morgan fingerprint density at radius 3 is 2.50 bits per heavy atom. The summed E-state index contributed by atoms with van der Waals surface area (Å²) in [5, 5.41) is 1.04. The molecule has 146 valence electrons. The number of carbonyl (C=O) groups is 1. The molecule has 28 heavy (non-hydrogen) atoms. The highest BCUT2D eigenvalue weighted by Gasteiger charge is 2.21. The smallest absolute Gasteiger partial charge is 0.178 e. The summed E-state index contributed by atoms with van der Waals surface area (Å²) in [5.74, 6) is 1.07. The van der Waals surface area contributed by atoms with Crippen LogP contribution < -0.4 is 9.64 Å². The number of ketones is 1. The van der Waals surface area contributed by atoms with Crippen molar-refractivity contribution in [3.05, 3.63) is 59.8 Å². The first-order valence-corrected chi connectivity index (χ1v) is 9.93. The molecule has 1 aliphatic heterocycles. The number of carbonyl (C=O) groups excluding carboxylic acids is 1. The van der Waals surface area contributed by atoms with E-state index < -0.39 is 0 Å². The predicted octanol–water partition coefficient (Wildman–Crippen LogP) is 3.74. The van der Waals surface area contributed by atoms with Gasteiger partial charge in [-0.05, 0) is 36.2 Å². The van der Waals surface area contributed by atoms with Gasteiger partial charge in [-0.1, -0.05) is 25.1 Å². The molecule has 0 amide bonds. The Bertz CT molecular complexity index is 954. The summed E-state index contributed by atoms with van der Waals surface area (Å²) in [6.45, 7) is 6.24. The average Bonchev–Trinajstić information content (AvgIpc) is 3.19. The lowest BCUT2D eigenvalue weighted by Crippen LogP contribution is -2.48. The average molecular weight is 377 g/mol. The number of fused-ring (bicyclic) bond motifs is 1. The second kappa shape index (κ2) is 8.07. The van der Waals surface area contributed by atoms with Gasteiger partial charge in [0.05, 0.1) is 13.7 Å². The van der Waals surface area contributed by atoms with Crippen LogP contribution in [0.25, 0.3) is 10.9 Å². The van der Waals surface area contributed by atoms with Gasteiger partial charge in [-0.2, -0.15) is 0 Å². The second-order valence-corrected chi connectivity index (χ2v) is 7.28. The number of ether oxygens (including phenoxy) is 1. The summed E-state index contributed by atoms with van der Waals surface area (Å²) in [7, 11) is 1.68. The van der Waals surface area contributed by atoms with E-state index in [1.165, 1.54) is 11.3 Å². The first-order valence-electron chi connectivity index (χ1n) is 9.93. The number of anilines is 1. The topological polar surface area (TPSA) is 48.6 Å². The third kappa shape index (κ3) is 3.62. The number of piperazine rings is 1. The fourth-order valence-corrected chi connectivity index (χ4v) is 3.99. The second-order valence-electron chi connectivity index (χ2n) is 7.28. The van der Waals surface area contributed by atoms with E-state index in [9.17, 15) is 4.79 Å². The molecule has 5 heteroatoms. The third-order valence-electron chi connectivity index (χ3n) is 5.66. The van der Waals surface area contributed by atoms with Crippen LogP contribution in [0.15, 0.2) is 48.7 Å². The van der Waals surface area contributed by atoms with Gasteiger partial charge in [-0.25, -0.2) is 0 Å². The van der Waals surface area contributed by atoms with E-state index >= 15 is 0 Å². The number of aryl methyl sites for hydroxylation is 1. The van der Waals surface area contributed by atoms with Gasteiger partial charge in [0, 0.05) is 54.5 Å². The number of hydrogen-bond acceptors (Lipinski definition) is 4. The van der Waals surface area contributed by atoms with E-state index in [1.807, 2.05) is 30.5 Å². The van der Waals surface area contributed by atoms with Crippen molar-refractivity contribution in [2.24, 2.45) is 0 Å². The van der Waals surface area contributed by atoms with Crippen LogP contribution in [0.5, 0.6) is 5.75 Å². The van der Waals surface area contributed by atoms with E-state index in [4.69, 9.17) is 4.74 Å². The van der Waals surface area contributed by atoms with Crippen LogP contribution in [0.4, 0.5) is 5.69 Å². The summed E-state index contributed by atoms with van der Waals surface area (Å²) in [5.41, 5.74) is 4.36. The summed E-state index contributed by atoms with van der Waals surface area (Å²) in [6, 6.07) is 14.4. The zero-order chi connectivity index (χ0) is 19.5. The van der Waals surface area contributed by atoms with Crippen LogP contribution in [0.3, 0.4) is 0 Å². The van der Waals surface area contributed by atoms with E-state index in [0.29, 0.717) is 6.54 Å². The minimum atomic E-state index is 0.192. The van der Waals surface area contributed by atoms with Gasteiger partial charge in [-0.3, -0.25) is 9.69 Å². The maximum atomic E-state index is 12.9. The molecule has 1 N–H and O–H groups in total. The first kappa shape index (κ1) is 18.6. The van der Waals surface area contributed by atoms with Gasteiger partial charge in [0.2, 0.25) is 0 Å². The number of benzene rings is 2. The Labute approximate surface area is 165 Å². The van der Waals surface area contributed by atoms with Crippen molar-refractivity contribution in [2.75, 3.05) is 44.7 Å². The van der Waals surface area contributed by atoms with Gasteiger partial charge in [-0.15, -0.1) is 0 Å². The lowest BCUT2D eigenvalue weighted by molar-refractivity contribution is 0.0928. The molecule has 0 bridgehead atoms. The van der Waals surface area contributed by atoms with Crippen LogP contribution in [0, 0.1) is 0 Å². The lowest BCUT2D eigenvalue weighted by Gasteiger charge is -2.35. The van der Waals surface area contributed by atoms with Crippen molar-refractivity contribution < 1.29 is 9.53 Å². The number of nitrogens with zero attached hydrogens (tertiary/aromatic N) is 2. The lowest BCUT2D eigenvalue weighted by atomic mass is 10.0. The van der Waals surface area contributed by atoms with Crippen molar-refractivity contribution in [1.29, 1.82) is 0 Å². The van der Waals surface area contributed by atoms with E-state index in [1.54, 1.807) is 7.11 Å². The van der Waals surface area contributed by atoms with Gasteiger partial charge in [0.1, 0.15) is 5.75 Å². The predicted molar refractivity (Wildman–Crippen MR) is 114 cm³/mol. The fraction of sp³-hybridized carbons (Fsp3) is 0.348. The first-order chi connectivity index (χ1) is 13.7. The van der Waals surface area contributed by atoms with Crippen LogP contribution in [0.1, 0.15) is 22.8 Å². The number of para-hydroxylation sites is 1. The number of H-pyrrole nitrogens is 1. The van der Waals surface area contributed by atoms with E-state index in [-0.39, 0.29) is 5.78 Å². The zero-order valence-corrected chi connectivity index (χ0v) is 16.6. The Morgan fingerprint density at radius 2 is 1.82 bits per heavy atom. The highest BCUT2D eigenvalue weighted by molar-refractivity contribution is 6.09. The molecule has 0 radical (unpaired) electrons. The number of nitrogens with one attached hydrogen (secondary N) is 1. The molecule has 0 saturated carbocycles. The van der Waals surface area contributed by atoms with Crippen LogP contribution in [-0.2, 0) is 6.42 Å². The molecule has 1 fully saturated rings. The van der Waals surface area contributed by atoms with Crippen LogP contribution in [0.2, 0.25) is 0 Å². The van der Waals surface area contributed by atoms with Crippen molar-refractivity contribution in [2.45, 2.75) is 13.3 Å². The molecule has 1 saturated heterocycles. The monoisotopic (exact) mass is 377 g/mol. The van der Waals surface area contributed by atoms with Gasteiger partial charge >= 0.3 is 0 Å². The quantitative estimate of drug-likeness (QED) is 0.665. The third-order valence-corrected chi connectivity index (χ3v) is 5.66. The number of aromatic amines is 1. The highest BCUT2D eigenvalue weighted by Crippen LogP contribution is 2.24. The van der Waals surface area contributed by atoms with Crippen molar-refractivity contribution in [3.63, 3.8) is 0 Å². The summed E-state index contributed by atoms with van der Waals surface area (Å²) in [6.07, 6.45) is 2.83. The standard InChI is InChI=1S/C23H27N3O2/c1-3-17-5-4-6-20-21(15-24-23(17)20)22(27)16-25-11-13-26(14-12-25)18-7-9-19(28-2)10-8-18/h4-10,15,24H,3,11-14,16H2,1-2H3. The molecule has 0 atom stereocenters. The molecule has 2 heterocycles. The molecular formula is C23H27N3O2. The van der Waals surface area contributed by atoms with Crippen LogP contribution in [-0.4, -0.2) is 55.5 Å². The number of methoxy groups -OCH3 is 1. The fourth-order valence-electron chi connectivity index (χ4n) is 3.99. The molecule has 2 aromatic carbocycles. The van der Waals surface area contributed by atoms with Crippen molar-refractivity contribution in [1.82, 2.24) is 9.88 Å². The molecule has 1 aliphatic rings. The maximum absolute atomic E-state index is 12.9. The van der Waals surface area contributed by atoms with Gasteiger partial charge < -0.3 is 14.6 Å². The van der Waals surface area contributed by atoms with E-state index in [0.717, 1.165) is 54.8 Å². The Balaban J connectivity index is 1.39. The maximum Gasteiger partial charge on any atom is 0.178 e. The molecule has 0 spiro atoms. The molecule has 0 unspecified atom stereocenters. The van der Waals surface area contributed by atoms with Crippen LogP contribution >= 0.6 is 0 Å². The molecule has 5 nitrogen and oxygen atoms in total. The number of hydrogen-bond donors (Lipinski definition) is 1. The summed E-state index contributed by atoms with van der Waals surface area (Å²) in [4.78, 5) is 20.8. The number of rotatable bonds is 6. The molecule has 0 aliphatic carbocycles.